The van der Waals surface area contributed by atoms with Crippen LogP contribution in [0.2, 0.25) is 0 Å². The van der Waals surface area contributed by atoms with Crippen LogP contribution in [0, 0.1) is 18.7 Å². The molecule has 2 saturated heterocycles. The van der Waals surface area contributed by atoms with Gasteiger partial charge in [-0.2, -0.15) is 10.1 Å². The van der Waals surface area contributed by atoms with E-state index in [2.05, 4.69) is 20.5 Å². The number of H-pyrrole nitrogens is 1. The van der Waals surface area contributed by atoms with Gasteiger partial charge in [0.05, 0.1) is 22.6 Å². The summed E-state index contributed by atoms with van der Waals surface area (Å²) in [4.78, 5) is 65.2. The molecule has 13 heteroatoms. The first-order valence-corrected chi connectivity index (χ1v) is 18.2. The number of aryl methyl sites for hydroxylation is 1. The molecular formula is C39H41FN8O4. The summed E-state index contributed by atoms with van der Waals surface area (Å²) in [6, 6.07) is 13.5. The van der Waals surface area contributed by atoms with E-state index in [0.717, 1.165) is 36.6 Å². The Morgan fingerprint density at radius 3 is 2.46 bits per heavy atom. The van der Waals surface area contributed by atoms with Crippen molar-refractivity contribution in [2.45, 2.75) is 70.4 Å². The van der Waals surface area contributed by atoms with Gasteiger partial charge in [-0.15, -0.1) is 0 Å². The highest BCUT2D eigenvalue weighted by molar-refractivity contribution is 5.95. The molecule has 0 spiro atoms. The van der Waals surface area contributed by atoms with E-state index in [0.29, 0.717) is 78.9 Å². The number of nitrogens with one attached hydrogen (secondary N) is 2. The van der Waals surface area contributed by atoms with Gasteiger partial charge in [0.25, 0.3) is 17.0 Å². The summed E-state index contributed by atoms with van der Waals surface area (Å²) in [6.07, 6.45) is 8.21. The molecule has 5 heterocycles. The Hall–Kier alpha value is -5.46. The van der Waals surface area contributed by atoms with Crippen LogP contribution in [0.5, 0.6) is 0 Å². The molecule has 8 rings (SSSR count). The van der Waals surface area contributed by atoms with Crippen LogP contribution in [-0.2, 0) is 11.2 Å². The van der Waals surface area contributed by atoms with Gasteiger partial charge in [-0.1, -0.05) is 37.1 Å². The van der Waals surface area contributed by atoms with Crippen LogP contribution < -0.4 is 16.4 Å². The summed E-state index contributed by atoms with van der Waals surface area (Å²) >= 11 is 0. The fourth-order valence-corrected chi connectivity index (χ4v) is 8.20. The number of piperidine rings is 1. The summed E-state index contributed by atoms with van der Waals surface area (Å²) in [6.45, 7) is 3.64. The van der Waals surface area contributed by atoms with Crippen LogP contribution >= 0.6 is 0 Å². The van der Waals surface area contributed by atoms with Crippen LogP contribution in [0.15, 0.2) is 64.3 Å². The number of pyridine rings is 1. The van der Waals surface area contributed by atoms with Crippen molar-refractivity contribution in [3.05, 3.63) is 104 Å². The monoisotopic (exact) mass is 704 g/mol. The molecule has 5 aromatic rings. The number of hydrogen-bond donors (Lipinski definition) is 2. The third kappa shape index (κ3) is 6.44. The number of anilines is 1. The van der Waals surface area contributed by atoms with Gasteiger partial charge < -0.3 is 15.1 Å². The van der Waals surface area contributed by atoms with E-state index >= 15 is 4.39 Å². The van der Waals surface area contributed by atoms with Gasteiger partial charge in [-0.05, 0) is 68.4 Å². The molecule has 1 unspecified atom stereocenters. The average molecular weight is 705 g/mol. The van der Waals surface area contributed by atoms with Crippen molar-refractivity contribution in [3.63, 3.8) is 0 Å². The van der Waals surface area contributed by atoms with E-state index in [9.17, 15) is 19.2 Å². The van der Waals surface area contributed by atoms with E-state index in [1.807, 2.05) is 28.5 Å². The molecule has 12 nitrogen and oxygen atoms in total. The SMILES string of the molecule is Cc1cc(=O)n(C2CCCC2)c2nc(NC3CCN(C(=O)C4CCN(C(=O)c5cc(Cc6n[nH]c(=O)c7ccccc67)ccc5F)C4)CC3)ncc12. The number of halogens is 1. The number of benzene rings is 2. The highest BCUT2D eigenvalue weighted by Gasteiger charge is 2.36. The van der Waals surface area contributed by atoms with Crippen molar-refractivity contribution in [2.75, 3.05) is 31.5 Å². The summed E-state index contributed by atoms with van der Waals surface area (Å²) < 4.78 is 16.9. The molecule has 2 amide bonds. The molecule has 268 valence electrons. The zero-order valence-electron chi connectivity index (χ0n) is 29.1. The molecule has 2 N–H and O–H groups in total. The lowest BCUT2D eigenvalue weighted by Crippen LogP contribution is -2.45. The van der Waals surface area contributed by atoms with Crippen LogP contribution in [0.1, 0.15) is 78.2 Å². The number of rotatable bonds is 7. The smallest absolute Gasteiger partial charge is 0.272 e. The topological polar surface area (TPSA) is 146 Å². The maximum absolute atomic E-state index is 15.0. The standard InChI is InChI=1S/C39H41FN8O4/c1-23-18-34(49)48(27-6-2-3-7-27)35-31(23)21-41-39(43-35)42-26-13-16-46(17-14-26)37(51)25-12-15-47(22-25)38(52)30-19-24(10-11-32(30)40)20-33-28-8-4-5-9-29(28)36(50)45-44-33/h4-5,8-11,18-19,21,25-27H,2-3,6-7,12-17,20,22H2,1H3,(H,45,50)(H,41,42,43). The van der Waals surface area contributed by atoms with E-state index < -0.39 is 11.7 Å². The number of nitrogens with zero attached hydrogens (tertiary/aromatic N) is 6. The number of carbonyl (C=O) groups is 2. The number of aromatic amines is 1. The quantitative estimate of drug-likeness (QED) is 0.247. The fourth-order valence-electron chi connectivity index (χ4n) is 8.20. The first-order chi connectivity index (χ1) is 25.2. The third-order valence-corrected chi connectivity index (χ3v) is 11.1. The van der Waals surface area contributed by atoms with E-state index in [1.165, 1.54) is 6.07 Å². The third-order valence-electron chi connectivity index (χ3n) is 11.1. The second-order valence-electron chi connectivity index (χ2n) is 14.4. The van der Waals surface area contributed by atoms with Gasteiger partial charge >= 0.3 is 0 Å². The van der Waals surface area contributed by atoms with Gasteiger partial charge in [0, 0.05) is 67.7 Å². The number of likely N-dealkylation sites (tertiary alicyclic amines) is 2. The molecule has 1 aliphatic carbocycles. The molecule has 0 bridgehead atoms. The van der Waals surface area contributed by atoms with Gasteiger partial charge in [0.2, 0.25) is 11.9 Å². The van der Waals surface area contributed by atoms with Gasteiger partial charge in [-0.25, -0.2) is 14.5 Å². The van der Waals surface area contributed by atoms with Crippen LogP contribution in [0.25, 0.3) is 21.8 Å². The highest BCUT2D eigenvalue weighted by atomic mass is 19.1. The minimum absolute atomic E-state index is 0.0111. The van der Waals surface area contributed by atoms with Crippen molar-refractivity contribution >= 4 is 39.6 Å². The predicted octanol–water partition coefficient (Wildman–Crippen LogP) is 4.75. The molecule has 3 aromatic heterocycles. The molecule has 0 radical (unpaired) electrons. The Balaban J connectivity index is 0.888. The highest BCUT2D eigenvalue weighted by Crippen LogP contribution is 2.31. The van der Waals surface area contributed by atoms with Crippen LogP contribution in [-0.4, -0.2) is 78.6 Å². The lowest BCUT2D eigenvalue weighted by Gasteiger charge is -2.34. The van der Waals surface area contributed by atoms with Gasteiger partial charge in [0.15, 0.2) is 0 Å². The van der Waals surface area contributed by atoms with E-state index in [4.69, 9.17) is 4.98 Å². The molecule has 2 aliphatic heterocycles. The number of amides is 2. The van der Waals surface area contributed by atoms with E-state index in [1.54, 1.807) is 41.4 Å². The summed E-state index contributed by atoms with van der Waals surface area (Å²) in [5.74, 6) is -0.920. The Kier molecular flexibility index (Phi) is 9.02. The number of carbonyl (C=O) groups excluding carboxylic acids is 2. The molecule has 3 fully saturated rings. The lowest BCUT2D eigenvalue weighted by molar-refractivity contribution is -0.136. The van der Waals surface area contributed by atoms with Gasteiger partial charge in [0.1, 0.15) is 11.5 Å². The Morgan fingerprint density at radius 2 is 1.67 bits per heavy atom. The minimum atomic E-state index is -0.621. The molecule has 3 aliphatic rings. The largest absolute Gasteiger partial charge is 0.351 e. The molecule has 1 atom stereocenters. The molecule has 2 aromatic carbocycles. The van der Waals surface area contributed by atoms with Crippen molar-refractivity contribution < 1.29 is 14.0 Å². The van der Waals surface area contributed by atoms with Crippen molar-refractivity contribution in [2.24, 2.45) is 5.92 Å². The average Bonchev–Trinajstić information content (AvgIpc) is 3.87. The molecular weight excluding hydrogens is 663 g/mol. The maximum atomic E-state index is 15.0. The molecule has 1 saturated carbocycles. The summed E-state index contributed by atoms with van der Waals surface area (Å²) in [7, 11) is 0. The van der Waals surface area contributed by atoms with Crippen molar-refractivity contribution in [3.8, 4) is 0 Å². The number of hydrogen-bond acceptors (Lipinski definition) is 8. The first-order valence-electron chi connectivity index (χ1n) is 18.2. The summed E-state index contributed by atoms with van der Waals surface area (Å²) in [5.41, 5.74) is 2.50. The Labute approximate surface area is 299 Å². The van der Waals surface area contributed by atoms with Crippen LogP contribution in [0.3, 0.4) is 0 Å². The number of aromatic nitrogens is 5. The van der Waals surface area contributed by atoms with Crippen LogP contribution in [0.4, 0.5) is 10.3 Å². The van der Waals surface area contributed by atoms with Crippen molar-refractivity contribution in [1.82, 2.24) is 34.5 Å². The Morgan fingerprint density at radius 1 is 0.923 bits per heavy atom. The number of fused-ring (bicyclic) bond motifs is 2. The zero-order chi connectivity index (χ0) is 35.9. The van der Waals surface area contributed by atoms with E-state index in [-0.39, 0.29) is 47.1 Å². The molecule has 52 heavy (non-hydrogen) atoms. The minimum Gasteiger partial charge on any atom is -0.351 e. The maximum Gasteiger partial charge on any atom is 0.272 e. The fraction of sp³-hybridized carbons (Fsp3) is 0.410. The second kappa shape index (κ2) is 13.9. The first kappa shape index (κ1) is 33.7. The Bertz CT molecular complexity index is 2310. The predicted molar refractivity (Wildman–Crippen MR) is 195 cm³/mol. The normalized spacial score (nSPS) is 18.5. The zero-order valence-corrected chi connectivity index (χ0v) is 29.1. The lowest BCUT2D eigenvalue weighted by atomic mass is 10.0. The summed E-state index contributed by atoms with van der Waals surface area (Å²) in [5, 5.41) is 12.3. The van der Waals surface area contributed by atoms with Gasteiger partial charge in [-0.3, -0.25) is 23.7 Å². The second-order valence-corrected chi connectivity index (χ2v) is 14.4. The van der Waals surface area contributed by atoms with Crippen molar-refractivity contribution in [1.29, 1.82) is 0 Å².